The van der Waals surface area contributed by atoms with Gasteiger partial charge in [-0.25, -0.2) is 4.39 Å². The molecule has 0 amide bonds. The standard InChI is InChI=1S/C13H17FN2O2S/c14-10-1-3-11(4-2-10)19-8-7-16-6-5-15-9-12(16)13(17)18/h1-4,12,15H,5-9H2,(H,17,18). The first kappa shape index (κ1) is 14.3. The Bertz CT molecular complexity index is 427. The zero-order valence-electron chi connectivity index (χ0n) is 10.5. The van der Waals surface area contributed by atoms with Crippen LogP contribution in [0.4, 0.5) is 4.39 Å². The second kappa shape index (κ2) is 6.88. The van der Waals surface area contributed by atoms with Crippen molar-refractivity contribution in [3.8, 4) is 0 Å². The van der Waals surface area contributed by atoms with Gasteiger partial charge in [-0.3, -0.25) is 9.69 Å². The predicted molar refractivity (Wildman–Crippen MR) is 73.0 cm³/mol. The normalized spacial score (nSPS) is 20.4. The number of halogens is 1. The first-order valence-corrected chi connectivity index (χ1v) is 7.21. The zero-order valence-corrected chi connectivity index (χ0v) is 11.3. The summed E-state index contributed by atoms with van der Waals surface area (Å²) in [6, 6.07) is 5.92. The SMILES string of the molecule is O=C(O)C1CNCCN1CCSc1ccc(F)cc1. The summed E-state index contributed by atoms with van der Waals surface area (Å²) in [5.41, 5.74) is 0. The summed E-state index contributed by atoms with van der Waals surface area (Å²) >= 11 is 1.61. The number of hydrogen-bond acceptors (Lipinski definition) is 4. The first-order chi connectivity index (χ1) is 9.16. The van der Waals surface area contributed by atoms with Crippen LogP contribution in [0.1, 0.15) is 0 Å². The number of carboxylic acids is 1. The maximum atomic E-state index is 12.8. The Kier molecular flexibility index (Phi) is 5.18. The molecule has 1 atom stereocenters. The summed E-state index contributed by atoms with van der Waals surface area (Å²) in [5, 5.41) is 12.2. The fourth-order valence-electron chi connectivity index (χ4n) is 2.07. The van der Waals surface area contributed by atoms with Crippen LogP contribution in [0.5, 0.6) is 0 Å². The Morgan fingerprint density at radius 3 is 2.89 bits per heavy atom. The van der Waals surface area contributed by atoms with Crippen molar-refractivity contribution in [3.05, 3.63) is 30.1 Å². The molecule has 1 aromatic rings. The molecule has 0 spiro atoms. The molecule has 0 radical (unpaired) electrons. The zero-order chi connectivity index (χ0) is 13.7. The van der Waals surface area contributed by atoms with E-state index in [1.807, 2.05) is 4.90 Å². The van der Waals surface area contributed by atoms with Gasteiger partial charge >= 0.3 is 5.97 Å². The van der Waals surface area contributed by atoms with Gasteiger partial charge in [0.05, 0.1) is 0 Å². The number of thioether (sulfide) groups is 1. The van der Waals surface area contributed by atoms with E-state index in [1.54, 1.807) is 23.9 Å². The molecule has 0 saturated carbocycles. The lowest BCUT2D eigenvalue weighted by molar-refractivity contribution is -0.143. The number of nitrogens with one attached hydrogen (secondary N) is 1. The Labute approximate surface area is 116 Å². The smallest absolute Gasteiger partial charge is 0.322 e. The molecule has 0 aromatic heterocycles. The van der Waals surface area contributed by atoms with Crippen LogP contribution >= 0.6 is 11.8 Å². The minimum absolute atomic E-state index is 0.239. The summed E-state index contributed by atoms with van der Waals surface area (Å²) in [6.07, 6.45) is 0. The second-order valence-corrected chi connectivity index (χ2v) is 5.56. The Hall–Kier alpha value is -1.11. The van der Waals surface area contributed by atoms with E-state index in [2.05, 4.69) is 5.32 Å². The van der Waals surface area contributed by atoms with Crippen molar-refractivity contribution in [2.45, 2.75) is 10.9 Å². The highest BCUT2D eigenvalue weighted by atomic mass is 32.2. The molecule has 2 N–H and O–H groups in total. The minimum Gasteiger partial charge on any atom is -0.480 e. The lowest BCUT2D eigenvalue weighted by Crippen LogP contribution is -2.55. The summed E-state index contributed by atoms with van der Waals surface area (Å²) in [6.45, 7) is 2.79. The fourth-order valence-corrected chi connectivity index (χ4v) is 2.96. The number of piperazine rings is 1. The summed E-state index contributed by atoms with van der Waals surface area (Å²) in [7, 11) is 0. The van der Waals surface area contributed by atoms with E-state index < -0.39 is 12.0 Å². The van der Waals surface area contributed by atoms with E-state index in [-0.39, 0.29) is 5.82 Å². The lowest BCUT2D eigenvalue weighted by Gasteiger charge is -2.33. The van der Waals surface area contributed by atoms with E-state index >= 15 is 0 Å². The highest BCUT2D eigenvalue weighted by Crippen LogP contribution is 2.18. The third-order valence-electron chi connectivity index (χ3n) is 3.10. The minimum atomic E-state index is -0.779. The van der Waals surface area contributed by atoms with Gasteiger partial charge in [0, 0.05) is 36.8 Å². The van der Waals surface area contributed by atoms with Crippen molar-refractivity contribution < 1.29 is 14.3 Å². The monoisotopic (exact) mass is 284 g/mol. The molecule has 2 rings (SSSR count). The largest absolute Gasteiger partial charge is 0.480 e. The van der Waals surface area contributed by atoms with Crippen LogP contribution in [0.15, 0.2) is 29.2 Å². The van der Waals surface area contributed by atoms with Crippen molar-refractivity contribution in [3.63, 3.8) is 0 Å². The van der Waals surface area contributed by atoms with Gasteiger partial charge in [0.2, 0.25) is 0 Å². The van der Waals surface area contributed by atoms with E-state index in [4.69, 9.17) is 5.11 Å². The van der Waals surface area contributed by atoms with Gasteiger partial charge < -0.3 is 10.4 Å². The number of carbonyl (C=O) groups is 1. The van der Waals surface area contributed by atoms with E-state index in [1.165, 1.54) is 12.1 Å². The van der Waals surface area contributed by atoms with Gasteiger partial charge in [-0.1, -0.05) is 0 Å². The maximum Gasteiger partial charge on any atom is 0.322 e. The average molecular weight is 284 g/mol. The van der Waals surface area contributed by atoms with Gasteiger partial charge in [0.15, 0.2) is 0 Å². The van der Waals surface area contributed by atoms with Gasteiger partial charge in [0.1, 0.15) is 11.9 Å². The molecule has 0 aliphatic carbocycles. The van der Waals surface area contributed by atoms with Crippen LogP contribution in [-0.4, -0.2) is 53.9 Å². The fraction of sp³-hybridized carbons (Fsp3) is 0.462. The van der Waals surface area contributed by atoms with Crippen molar-refractivity contribution in [2.24, 2.45) is 0 Å². The Balaban J connectivity index is 1.80. The van der Waals surface area contributed by atoms with Crippen LogP contribution in [0.3, 0.4) is 0 Å². The molecular formula is C13H17FN2O2S. The summed E-state index contributed by atoms with van der Waals surface area (Å²) in [4.78, 5) is 14.1. The molecule has 19 heavy (non-hydrogen) atoms. The molecule has 104 valence electrons. The van der Waals surface area contributed by atoms with Gasteiger partial charge in [0.25, 0.3) is 0 Å². The Morgan fingerprint density at radius 1 is 1.47 bits per heavy atom. The number of nitrogens with zero attached hydrogens (tertiary/aromatic N) is 1. The average Bonchev–Trinajstić information content (AvgIpc) is 2.41. The molecule has 1 saturated heterocycles. The van der Waals surface area contributed by atoms with Gasteiger partial charge in [-0.2, -0.15) is 0 Å². The molecule has 1 aromatic carbocycles. The molecule has 6 heteroatoms. The molecule has 0 bridgehead atoms. The summed E-state index contributed by atoms with van der Waals surface area (Å²) < 4.78 is 12.8. The number of aliphatic carboxylic acids is 1. The third kappa shape index (κ3) is 4.19. The van der Waals surface area contributed by atoms with Crippen LogP contribution in [0.25, 0.3) is 0 Å². The molecule has 1 aliphatic heterocycles. The number of hydrogen-bond donors (Lipinski definition) is 2. The summed E-state index contributed by atoms with van der Waals surface area (Å²) in [5.74, 6) is -0.216. The highest BCUT2D eigenvalue weighted by Gasteiger charge is 2.27. The van der Waals surface area contributed by atoms with Gasteiger partial charge in [-0.15, -0.1) is 11.8 Å². The number of benzene rings is 1. The van der Waals surface area contributed by atoms with Crippen molar-refractivity contribution in [2.75, 3.05) is 31.9 Å². The molecule has 1 aliphatic rings. The Morgan fingerprint density at radius 2 is 2.21 bits per heavy atom. The number of rotatable bonds is 5. The molecule has 4 nitrogen and oxygen atoms in total. The molecule has 1 fully saturated rings. The van der Waals surface area contributed by atoms with Crippen LogP contribution in [0.2, 0.25) is 0 Å². The molecular weight excluding hydrogens is 267 g/mol. The van der Waals surface area contributed by atoms with Crippen molar-refractivity contribution in [1.29, 1.82) is 0 Å². The molecule has 1 heterocycles. The third-order valence-corrected chi connectivity index (χ3v) is 4.09. The quantitative estimate of drug-likeness (QED) is 0.798. The number of carboxylic acid groups (broad SMARTS) is 1. The van der Waals surface area contributed by atoms with Crippen LogP contribution in [-0.2, 0) is 4.79 Å². The van der Waals surface area contributed by atoms with Crippen LogP contribution < -0.4 is 5.32 Å². The molecule has 1 unspecified atom stereocenters. The highest BCUT2D eigenvalue weighted by molar-refractivity contribution is 7.99. The second-order valence-electron chi connectivity index (χ2n) is 4.40. The van der Waals surface area contributed by atoms with E-state index in [0.717, 1.165) is 30.3 Å². The van der Waals surface area contributed by atoms with Crippen molar-refractivity contribution in [1.82, 2.24) is 10.2 Å². The van der Waals surface area contributed by atoms with Crippen molar-refractivity contribution >= 4 is 17.7 Å². The van der Waals surface area contributed by atoms with E-state index in [9.17, 15) is 9.18 Å². The predicted octanol–water partition coefficient (Wildman–Crippen LogP) is 1.28. The van der Waals surface area contributed by atoms with E-state index in [0.29, 0.717) is 6.54 Å². The lowest BCUT2D eigenvalue weighted by atomic mass is 10.2. The first-order valence-electron chi connectivity index (χ1n) is 6.23. The van der Waals surface area contributed by atoms with Gasteiger partial charge in [-0.05, 0) is 24.3 Å². The topological polar surface area (TPSA) is 52.6 Å². The van der Waals surface area contributed by atoms with Crippen LogP contribution in [0, 0.1) is 5.82 Å². The maximum absolute atomic E-state index is 12.8.